The van der Waals surface area contributed by atoms with Crippen LogP contribution in [-0.4, -0.2) is 30.8 Å². The third-order valence-corrected chi connectivity index (χ3v) is 6.71. The predicted octanol–water partition coefficient (Wildman–Crippen LogP) is 5.06. The van der Waals surface area contributed by atoms with E-state index in [1.54, 1.807) is 10.6 Å². The van der Waals surface area contributed by atoms with Gasteiger partial charge in [0.2, 0.25) is 11.7 Å². The summed E-state index contributed by atoms with van der Waals surface area (Å²) in [5, 5.41) is 12.7. The van der Waals surface area contributed by atoms with Crippen LogP contribution in [0.3, 0.4) is 0 Å². The molecular weight excluding hydrogens is 458 g/mol. The molecule has 5 aromatic rings. The minimum atomic E-state index is -0.167. The number of anilines is 1. The molecule has 1 N–H and O–H groups in total. The molecule has 0 aliphatic rings. The van der Waals surface area contributed by atoms with Crippen molar-refractivity contribution in [2.75, 3.05) is 11.1 Å². The molecule has 0 saturated heterocycles. The minimum Gasteiger partial charge on any atom is -0.325 e. The van der Waals surface area contributed by atoms with Gasteiger partial charge in [0.25, 0.3) is 5.56 Å². The Hall–Kier alpha value is -3.91. The van der Waals surface area contributed by atoms with Gasteiger partial charge >= 0.3 is 0 Å². The Bertz CT molecular complexity index is 1580. The minimum absolute atomic E-state index is 0.0520. The average molecular weight is 484 g/mol. The maximum Gasteiger partial charge on any atom is 0.267 e. The van der Waals surface area contributed by atoms with Gasteiger partial charge in [-0.05, 0) is 47.4 Å². The highest BCUT2D eigenvalue weighted by molar-refractivity contribution is 7.99. The van der Waals surface area contributed by atoms with Gasteiger partial charge < -0.3 is 5.32 Å². The Labute approximate surface area is 206 Å². The van der Waals surface area contributed by atoms with Gasteiger partial charge in [-0.1, -0.05) is 75.0 Å². The van der Waals surface area contributed by atoms with Gasteiger partial charge in [-0.15, -0.1) is 10.2 Å². The quantitative estimate of drug-likeness (QED) is 0.353. The van der Waals surface area contributed by atoms with E-state index in [1.807, 2.05) is 77.2 Å². The zero-order valence-corrected chi connectivity index (χ0v) is 20.5. The molecule has 2 aromatic heterocycles. The van der Waals surface area contributed by atoms with Crippen molar-refractivity contribution in [1.82, 2.24) is 19.2 Å². The van der Waals surface area contributed by atoms with Gasteiger partial charge in [0.05, 0.1) is 22.3 Å². The summed E-state index contributed by atoms with van der Waals surface area (Å²) in [4.78, 5) is 26.0. The van der Waals surface area contributed by atoms with Crippen molar-refractivity contribution in [3.63, 3.8) is 0 Å². The average Bonchev–Trinajstić information content (AvgIpc) is 3.27. The number of nitrogens with one attached hydrogen (secondary N) is 1. The molecule has 5 rings (SSSR count). The van der Waals surface area contributed by atoms with Crippen LogP contribution in [0.5, 0.6) is 0 Å². The number of para-hydroxylation sites is 2. The smallest absolute Gasteiger partial charge is 0.267 e. The lowest BCUT2D eigenvalue weighted by molar-refractivity contribution is -0.113. The molecule has 35 heavy (non-hydrogen) atoms. The summed E-state index contributed by atoms with van der Waals surface area (Å²) in [5.74, 6) is 0.414. The topological polar surface area (TPSA) is 81.3 Å². The molecular formula is C27H25N5O2S. The van der Waals surface area contributed by atoms with Gasteiger partial charge in [-0.25, -0.2) is 4.57 Å². The monoisotopic (exact) mass is 483 g/mol. The number of benzene rings is 3. The van der Waals surface area contributed by atoms with E-state index in [0.717, 1.165) is 5.69 Å². The lowest BCUT2D eigenvalue weighted by atomic mass is 9.87. The molecule has 0 bridgehead atoms. The first-order chi connectivity index (χ1) is 16.8. The number of rotatable bonds is 5. The number of carbonyl (C=O) groups excluding carboxylic acids is 1. The number of nitrogens with zero attached hydrogens (tertiary/aromatic N) is 4. The van der Waals surface area contributed by atoms with E-state index in [9.17, 15) is 9.59 Å². The molecule has 176 valence electrons. The van der Waals surface area contributed by atoms with Crippen molar-refractivity contribution < 1.29 is 4.79 Å². The first-order valence-electron chi connectivity index (χ1n) is 11.3. The standard InChI is InChI=1S/C27H25N5O2S/c1-27(2,3)18-13-15-19(16-14-18)28-23(33)17-35-26-30-29-25-31(20-9-5-4-6-10-20)24(34)21-11-7-8-12-22(21)32(25)26/h4-16H,17H2,1-3H3,(H,28,33). The molecule has 0 spiro atoms. The third kappa shape index (κ3) is 4.44. The van der Waals surface area contributed by atoms with Gasteiger partial charge in [-0.2, -0.15) is 0 Å². The van der Waals surface area contributed by atoms with Gasteiger partial charge in [0.1, 0.15) is 0 Å². The predicted molar refractivity (Wildman–Crippen MR) is 141 cm³/mol. The summed E-state index contributed by atoms with van der Waals surface area (Å²) in [6.45, 7) is 6.46. The largest absolute Gasteiger partial charge is 0.325 e. The number of carbonyl (C=O) groups is 1. The molecule has 2 heterocycles. The van der Waals surface area contributed by atoms with Crippen LogP contribution in [0.25, 0.3) is 22.4 Å². The van der Waals surface area contributed by atoms with Crippen molar-refractivity contribution in [2.45, 2.75) is 31.3 Å². The van der Waals surface area contributed by atoms with Crippen molar-refractivity contribution >= 4 is 40.0 Å². The van der Waals surface area contributed by atoms with Crippen LogP contribution in [0.1, 0.15) is 26.3 Å². The van der Waals surface area contributed by atoms with Gasteiger partial charge in [0.15, 0.2) is 5.16 Å². The number of hydrogen-bond acceptors (Lipinski definition) is 5. The molecule has 3 aromatic carbocycles. The van der Waals surface area contributed by atoms with Crippen molar-refractivity contribution in [3.05, 3.63) is 94.8 Å². The van der Waals surface area contributed by atoms with E-state index >= 15 is 0 Å². The molecule has 0 aliphatic heterocycles. The lowest BCUT2D eigenvalue weighted by Gasteiger charge is -2.19. The van der Waals surface area contributed by atoms with E-state index in [2.05, 4.69) is 36.3 Å². The summed E-state index contributed by atoms with van der Waals surface area (Å²) >= 11 is 1.28. The van der Waals surface area contributed by atoms with Gasteiger partial charge in [-0.3, -0.25) is 14.0 Å². The summed E-state index contributed by atoms with van der Waals surface area (Å²) in [5.41, 5.74) is 3.24. The molecule has 0 unspecified atom stereocenters. The molecule has 0 fully saturated rings. The summed E-state index contributed by atoms with van der Waals surface area (Å²) in [6, 6.07) is 24.6. The van der Waals surface area contributed by atoms with Gasteiger partial charge in [0, 0.05) is 5.69 Å². The number of thioether (sulfide) groups is 1. The number of hydrogen-bond donors (Lipinski definition) is 1. The van der Waals surface area contributed by atoms with E-state index in [-0.39, 0.29) is 22.6 Å². The molecule has 0 aliphatic carbocycles. The first kappa shape index (κ1) is 22.9. The van der Waals surface area contributed by atoms with Crippen LogP contribution in [0.15, 0.2) is 88.8 Å². The second kappa shape index (κ2) is 9.03. The van der Waals surface area contributed by atoms with Crippen LogP contribution in [0, 0.1) is 0 Å². The van der Waals surface area contributed by atoms with Crippen molar-refractivity contribution in [2.24, 2.45) is 0 Å². The van der Waals surface area contributed by atoms with E-state index in [1.165, 1.54) is 17.3 Å². The molecule has 7 nitrogen and oxygen atoms in total. The summed E-state index contributed by atoms with van der Waals surface area (Å²) in [6.07, 6.45) is 0. The molecule has 8 heteroatoms. The van der Waals surface area contributed by atoms with Crippen LogP contribution in [-0.2, 0) is 10.2 Å². The highest BCUT2D eigenvalue weighted by atomic mass is 32.2. The summed E-state index contributed by atoms with van der Waals surface area (Å²) < 4.78 is 3.38. The van der Waals surface area contributed by atoms with Crippen LogP contribution < -0.4 is 10.9 Å². The number of amides is 1. The maximum absolute atomic E-state index is 13.3. The normalized spacial score (nSPS) is 11.7. The fraction of sp³-hybridized carbons (Fsp3) is 0.185. The Balaban J connectivity index is 1.45. The Morgan fingerprint density at radius 1 is 0.914 bits per heavy atom. The lowest BCUT2D eigenvalue weighted by Crippen LogP contribution is -2.21. The van der Waals surface area contributed by atoms with Crippen molar-refractivity contribution in [1.29, 1.82) is 0 Å². The third-order valence-electron chi connectivity index (χ3n) is 5.78. The maximum atomic E-state index is 13.3. The second-order valence-electron chi connectivity index (χ2n) is 9.28. The van der Waals surface area contributed by atoms with E-state index in [0.29, 0.717) is 27.5 Å². The highest BCUT2D eigenvalue weighted by Crippen LogP contribution is 2.25. The Morgan fingerprint density at radius 2 is 1.60 bits per heavy atom. The summed E-state index contributed by atoms with van der Waals surface area (Å²) in [7, 11) is 0. The van der Waals surface area contributed by atoms with Crippen molar-refractivity contribution in [3.8, 4) is 5.69 Å². The second-order valence-corrected chi connectivity index (χ2v) is 10.2. The molecule has 1 amide bonds. The fourth-order valence-electron chi connectivity index (χ4n) is 3.96. The molecule has 0 saturated carbocycles. The highest BCUT2D eigenvalue weighted by Gasteiger charge is 2.19. The SMILES string of the molecule is CC(C)(C)c1ccc(NC(=O)CSc2nnc3n(-c4ccccc4)c(=O)c4ccccc4n23)cc1. The Kier molecular flexibility index (Phi) is 5.90. The Morgan fingerprint density at radius 3 is 2.31 bits per heavy atom. The zero-order chi connectivity index (χ0) is 24.6. The van der Waals surface area contributed by atoms with Crippen LogP contribution in [0.4, 0.5) is 5.69 Å². The molecule has 0 atom stereocenters. The fourth-order valence-corrected chi connectivity index (χ4v) is 4.70. The van der Waals surface area contributed by atoms with E-state index in [4.69, 9.17) is 0 Å². The van der Waals surface area contributed by atoms with E-state index < -0.39 is 0 Å². The zero-order valence-electron chi connectivity index (χ0n) is 19.7. The van der Waals surface area contributed by atoms with Crippen LogP contribution in [0.2, 0.25) is 0 Å². The number of fused-ring (bicyclic) bond motifs is 3. The first-order valence-corrected chi connectivity index (χ1v) is 12.3. The van der Waals surface area contributed by atoms with Crippen LogP contribution >= 0.6 is 11.8 Å². The number of aromatic nitrogens is 4. The molecule has 0 radical (unpaired) electrons.